The Morgan fingerprint density at radius 3 is 2.02 bits per heavy atom. The predicted octanol–water partition coefficient (Wildman–Crippen LogP) is 7.67. The van der Waals surface area contributed by atoms with Gasteiger partial charge >= 0.3 is 12.1 Å². The van der Waals surface area contributed by atoms with Gasteiger partial charge in [0.1, 0.15) is 24.6 Å². The van der Waals surface area contributed by atoms with E-state index >= 15 is 0 Å². The second kappa shape index (κ2) is 16.2. The van der Waals surface area contributed by atoms with Crippen LogP contribution in [0.1, 0.15) is 59.6 Å². The molecule has 10 heteroatoms. The number of allylic oxidation sites excluding steroid dienone is 1. The molecule has 0 saturated heterocycles. The maximum absolute atomic E-state index is 13.4. The number of hydrogen-bond donors (Lipinski definition) is 0. The van der Waals surface area contributed by atoms with Crippen molar-refractivity contribution in [3.8, 4) is 11.5 Å². The summed E-state index contributed by atoms with van der Waals surface area (Å²) in [5, 5.41) is 0.903. The fourth-order valence-electron chi connectivity index (χ4n) is 4.29. The summed E-state index contributed by atoms with van der Waals surface area (Å²) in [6.45, 7) is 16.1. The van der Waals surface area contributed by atoms with Crippen LogP contribution in [0.25, 0.3) is 5.57 Å². The van der Waals surface area contributed by atoms with E-state index in [1.165, 1.54) is 4.90 Å². The van der Waals surface area contributed by atoms with E-state index in [2.05, 4.69) is 4.90 Å². The van der Waals surface area contributed by atoms with Crippen LogP contribution in [-0.4, -0.2) is 80.0 Å². The van der Waals surface area contributed by atoms with E-state index in [9.17, 15) is 9.59 Å². The van der Waals surface area contributed by atoms with Crippen LogP contribution in [0.3, 0.4) is 0 Å². The van der Waals surface area contributed by atoms with Gasteiger partial charge in [-0.15, -0.1) is 0 Å². The number of rotatable bonds is 13. The number of esters is 1. The van der Waals surface area contributed by atoms with Crippen molar-refractivity contribution in [2.75, 3.05) is 40.5 Å². The van der Waals surface area contributed by atoms with Crippen LogP contribution in [0.2, 0.25) is 10.0 Å². The van der Waals surface area contributed by atoms with E-state index < -0.39 is 23.7 Å². The minimum Gasteiger partial charge on any atom is -0.490 e. The molecule has 2 aromatic carbocycles. The van der Waals surface area contributed by atoms with Crippen molar-refractivity contribution in [3.63, 3.8) is 0 Å². The fourth-order valence-corrected chi connectivity index (χ4v) is 4.99. The first-order valence-corrected chi connectivity index (χ1v) is 15.2. The maximum atomic E-state index is 13.4. The molecular weight excluding hydrogens is 591 g/mol. The molecule has 2 rings (SSSR count). The summed E-state index contributed by atoms with van der Waals surface area (Å²) >= 11 is 12.5. The third-order valence-corrected chi connectivity index (χ3v) is 7.28. The highest BCUT2D eigenvalue weighted by atomic mass is 35.5. The quantitative estimate of drug-likeness (QED) is 0.127. The first kappa shape index (κ1) is 36.3. The molecular formula is C33H46Cl2N2O6. The van der Waals surface area contributed by atoms with Gasteiger partial charge in [0, 0.05) is 19.6 Å². The van der Waals surface area contributed by atoms with Crippen molar-refractivity contribution in [1.29, 1.82) is 0 Å². The number of hydrogen-bond acceptors (Lipinski definition) is 7. The normalized spacial score (nSPS) is 13.0. The number of carbonyl (C=O) groups is 2. The van der Waals surface area contributed by atoms with Crippen LogP contribution in [-0.2, 0) is 14.3 Å². The second-order valence-electron chi connectivity index (χ2n) is 11.7. The molecule has 0 N–H and O–H groups in total. The third-order valence-electron chi connectivity index (χ3n) is 6.72. The Bertz CT molecular complexity index is 1250. The molecule has 43 heavy (non-hydrogen) atoms. The van der Waals surface area contributed by atoms with Crippen molar-refractivity contribution in [3.05, 3.63) is 63.1 Å². The average Bonchev–Trinajstić information content (AvgIpc) is 2.90. The predicted molar refractivity (Wildman–Crippen MR) is 173 cm³/mol. The molecule has 0 heterocycles. The molecule has 2 aromatic rings. The number of amides is 1. The van der Waals surface area contributed by atoms with Gasteiger partial charge in [-0.1, -0.05) is 35.3 Å². The maximum Gasteiger partial charge on any atom is 0.410 e. The minimum atomic E-state index is -0.642. The van der Waals surface area contributed by atoms with Gasteiger partial charge in [-0.2, -0.15) is 0 Å². The number of ether oxygens (including phenoxy) is 4. The van der Waals surface area contributed by atoms with Crippen molar-refractivity contribution in [1.82, 2.24) is 9.80 Å². The molecule has 1 atom stereocenters. The Kier molecular flexibility index (Phi) is 13.7. The highest BCUT2D eigenvalue weighted by Crippen LogP contribution is 2.34. The van der Waals surface area contributed by atoms with Gasteiger partial charge in [-0.05, 0) is 103 Å². The van der Waals surface area contributed by atoms with E-state index in [4.69, 9.17) is 42.1 Å². The molecule has 0 aliphatic carbocycles. The summed E-state index contributed by atoms with van der Waals surface area (Å²) in [6, 6.07) is 10.7. The summed E-state index contributed by atoms with van der Waals surface area (Å²) in [7, 11) is 3.60. The van der Waals surface area contributed by atoms with E-state index in [1.807, 2.05) is 79.8 Å². The summed E-state index contributed by atoms with van der Waals surface area (Å²) in [5.41, 5.74) is 2.35. The molecule has 0 aliphatic heterocycles. The smallest absolute Gasteiger partial charge is 0.410 e. The Morgan fingerprint density at radius 2 is 1.51 bits per heavy atom. The van der Waals surface area contributed by atoms with Crippen LogP contribution in [0.15, 0.2) is 42.0 Å². The molecule has 0 fully saturated rings. The Labute approximate surface area is 266 Å². The van der Waals surface area contributed by atoms with Crippen LogP contribution in [0.4, 0.5) is 4.79 Å². The first-order valence-electron chi connectivity index (χ1n) is 14.4. The zero-order chi connectivity index (χ0) is 32.5. The average molecular weight is 638 g/mol. The number of benzene rings is 2. The third kappa shape index (κ3) is 10.9. The highest BCUT2D eigenvalue weighted by molar-refractivity contribution is 6.37. The summed E-state index contributed by atoms with van der Waals surface area (Å²) in [4.78, 5) is 29.8. The standard InChI is InChI=1S/C33H46Cl2N2O6/c1-11-40-31(38)29(28(37(10)21(2)3)20-36(9)32(39)43-33(6,7)8)23(5)24-12-14-25(15-13-24)41-16-17-42-30-26(34)18-22(4)19-27(30)35/h12-15,18-19,21,28H,11,16-17,20H2,1-10H3/b29-23-. The number of likely N-dealkylation sites (N-methyl/N-ethyl adjacent to an activating group) is 2. The van der Waals surface area contributed by atoms with Crippen molar-refractivity contribution < 1.29 is 28.5 Å². The number of nitrogens with zero attached hydrogens (tertiary/aromatic N) is 2. The summed E-state index contributed by atoms with van der Waals surface area (Å²) in [5.74, 6) is 0.638. The molecule has 0 spiro atoms. The van der Waals surface area contributed by atoms with Gasteiger partial charge in [-0.3, -0.25) is 4.90 Å². The molecule has 1 amide bonds. The van der Waals surface area contributed by atoms with Gasteiger partial charge in [0.25, 0.3) is 0 Å². The number of carbonyl (C=O) groups excluding carboxylic acids is 2. The monoisotopic (exact) mass is 636 g/mol. The van der Waals surface area contributed by atoms with E-state index in [1.54, 1.807) is 26.1 Å². The zero-order valence-corrected chi connectivity index (χ0v) is 28.6. The van der Waals surface area contributed by atoms with Crippen LogP contribution in [0.5, 0.6) is 11.5 Å². The molecule has 0 bridgehead atoms. The number of halogens is 2. The van der Waals surface area contributed by atoms with Crippen molar-refractivity contribution >= 4 is 40.8 Å². The molecule has 0 saturated carbocycles. The second-order valence-corrected chi connectivity index (χ2v) is 12.5. The van der Waals surface area contributed by atoms with Gasteiger partial charge in [-0.25, -0.2) is 9.59 Å². The molecule has 8 nitrogen and oxygen atoms in total. The van der Waals surface area contributed by atoms with Gasteiger partial charge < -0.3 is 23.8 Å². The lowest BCUT2D eigenvalue weighted by molar-refractivity contribution is -0.139. The lowest BCUT2D eigenvalue weighted by Crippen LogP contribution is -2.49. The van der Waals surface area contributed by atoms with Crippen LogP contribution >= 0.6 is 23.2 Å². The number of aryl methyl sites for hydroxylation is 1. The molecule has 0 radical (unpaired) electrons. The topological polar surface area (TPSA) is 77.5 Å². The van der Waals surface area contributed by atoms with E-state index in [-0.39, 0.29) is 32.4 Å². The molecule has 238 valence electrons. The molecule has 1 unspecified atom stereocenters. The minimum absolute atomic E-state index is 0.0805. The zero-order valence-electron chi connectivity index (χ0n) is 27.0. The molecule has 0 aromatic heterocycles. The van der Waals surface area contributed by atoms with Gasteiger partial charge in [0.2, 0.25) is 0 Å². The van der Waals surface area contributed by atoms with Gasteiger partial charge in [0.15, 0.2) is 5.75 Å². The van der Waals surface area contributed by atoms with Crippen LogP contribution in [0, 0.1) is 6.92 Å². The van der Waals surface area contributed by atoms with E-state index in [0.29, 0.717) is 27.1 Å². The fraction of sp³-hybridized carbons (Fsp3) is 0.515. The highest BCUT2D eigenvalue weighted by Gasteiger charge is 2.33. The largest absolute Gasteiger partial charge is 0.490 e. The Hall–Kier alpha value is -2.94. The summed E-state index contributed by atoms with van der Waals surface area (Å²) < 4.78 is 22.7. The first-order chi connectivity index (χ1) is 20.0. The van der Waals surface area contributed by atoms with Crippen LogP contribution < -0.4 is 9.47 Å². The SMILES string of the molecule is CCOC(=O)/C(=C(/C)c1ccc(OCCOc2c(Cl)cc(C)cc2Cl)cc1)C(CN(C)C(=O)OC(C)(C)C)N(C)C(C)C. The molecule has 0 aliphatic rings. The lowest BCUT2D eigenvalue weighted by atomic mass is 9.94. The van der Waals surface area contributed by atoms with Crippen molar-refractivity contribution in [2.45, 2.75) is 73.1 Å². The van der Waals surface area contributed by atoms with Gasteiger partial charge in [0.05, 0.1) is 28.3 Å². The Balaban J connectivity index is 2.29. The Morgan fingerprint density at radius 1 is 0.953 bits per heavy atom. The summed E-state index contributed by atoms with van der Waals surface area (Å²) in [6.07, 6.45) is -0.465. The lowest BCUT2D eigenvalue weighted by Gasteiger charge is -2.36. The van der Waals surface area contributed by atoms with Crippen molar-refractivity contribution in [2.24, 2.45) is 0 Å². The van der Waals surface area contributed by atoms with E-state index in [0.717, 1.165) is 16.7 Å².